The Kier molecular flexibility index (Phi) is 2.54. The monoisotopic (exact) mass is 180 g/mol. The van der Waals surface area contributed by atoms with Gasteiger partial charge in [0.25, 0.3) is 0 Å². The normalized spacial score (nSPS) is 9.23. The number of benzene rings is 1. The van der Waals surface area contributed by atoms with Crippen molar-refractivity contribution in [2.45, 2.75) is 0 Å². The molecule has 0 bridgehead atoms. The molecule has 0 aromatic heterocycles. The van der Waals surface area contributed by atoms with Gasteiger partial charge in [0.2, 0.25) is 0 Å². The SMILES string of the molecule is C=COC(=O)c1cccc(O)c1O. The lowest BCUT2D eigenvalue weighted by molar-refractivity contribution is 0.0660. The summed E-state index contributed by atoms with van der Waals surface area (Å²) < 4.78 is 4.42. The van der Waals surface area contributed by atoms with Gasteiger partial charge in [-0.3, -0.25) is 0 Å². The average Bonchev–Trinajstić information content (AvgIpc) is 2.10. The van der Waals surface area contributed by atoms with Crippen molar-refractivity contribution in [3.8, 4) is 11.5 Å². The molecular weight excluding hydrogens is 172 g/mol. The topological polar surface area (TPSA) is 66.8 Å². The first kappa shape index (κ1) is 9.12. The van der Waals surface area contributed by atoms with E-state index in [-0.39, 0.29) is 11.3 Å². The molecule has 0 spiro atoms. The fourth-order valence-electron chi connectivity index (χ4n) is 0.835. The fourth-order valence-corrected chi connectivity index (χ4v) is 0.835. The Labute approximate surface area is 74.7 Å². The largest absolute Gasteiger partial charge is 0.504 e. The molecule has 2 N–H and O–H groups in total. The van der Waals surface area contributed by atoms with Crippen LogP contribution in [-0.4, -0.2) is 16.2 Å². The van der Waals surface area contributed by atoms with E-state index in [9.17, 15) is 9.90 Å². The Morgan fingerprint density at radius 3 is 2.77 bits per heavy atom. The van der Waals surface area contributed by atoms with Gasteiger partial charge in [-0.1, -0.05) is 12.6 Å². The van der Waals surface area contributed by atoms with Crippen LogP contribution in [0.3, 0.4) is 0 Å². The van der Waals surface area contributed by atoms with Crippen LogP contribution >= 0.6 is 0 Å². The number of esters is 1. The lowest BCUT2D eigenvalue weighted by Gasteiger charge is -2.02. The van der Waals surface area contributed by atoms with Crippen LogP contribution < -0.4 is 0 Å². The number of hydrogen-bond donors (Lipinski definition) is 2. The highest BCUT2D eigenvalue weighted by Gasteiger charge is 2.13. The predicted molar refractivity (Wildman–Crippen MR) is 45.4 cm³/mol. The van der Waals surface area contributed by atoms with Gasteiger partial charge in [0, 0.05) is 0 Å². The van der Waals surface area contributed by atoms with Crippen molar-refractivity contribution in [3.05, 3.63) is 36.6 Å². The first-order valence-corrected chi connectivity index (χ1v) is 3.49. The maximum atomic E-state index is 11.1. The number of rotatable bonds is 2. The Morgan fingerprint density at radius 1 is 1.46 bits per heavy atom. The molecule has 0 aliphatic heterocycles. The second-order valence-electron chi connectivity index (χ2n) is 2.25. The maximum absolute atomic E-state index is 11.1. The first-order chi connectivity index (χ1) is 6.16. The van der Waals surface area contributed by atoms with Crippen molar-refractivity contribution in [1.82, 2.24) is 0 Å². The van der Waals surface area contributed by atoms with Gasteiger partial charge in [-0.2, -0.15) is 0 Å². The Morgan fingerprint density at radius 2 is 2.15 bits per heavy atom. The van der Waals surface area contributed by atoms with Crippen LogP contribution in [-0.2, 0) is 4.74 Å². The minimum Gasteiger partial charge on any atom is -0.504 e. The van der Waals surface area contributed by atoms with Crippen molar-refractivity contribution < 1.29 is 19.7 Å². The molecule has 1 rings (SSSR count). The highest BCUT2D eigenvalue weighted by molar-refractivity contribution is 5.93. The number of para-hydroxylation sites is 1. The van der Waals surface area contributed by atoms with Crippen LogP contribution in [0.4, 0.5) is 0 Å². The highest BCUT2D eigenvalue weighted by atomic mass is 16.5. The molecule has 0 amide bonds. The summed E-state index contributed by atoms with van der Waals surface area (Å²) in [5.41, 5.74) is -0.0973. The average molecular weight is 180 g/mol. The van der Waals surface area contributed by atoms with Crippen molar-refractivity contribution in [1.29, 1.82) is 0 Å². The van der Waals surface area contributed by atoms with Crippen LogP contribution in [0, 0.1) is 0 Å². The molecule has 4 heteroatoms. The van der Waals surface area contributed by atoms with Crippen molar-refractivity contribution in [3.63, 3.8) is 0 Å². The summed E-state index contributed by atoms with van der Waals surface area (Å²) in [5.74, 6) is -1.61. The molecular formula is C9H8O4. The molecule has 0 aliphatic carbocycles. The number of phenols is 2. The van der Waals surface area contributed by atoms with E-state index in [1.807, 2.05) is 0 Å². The van der Waals surface area contributed by atoms with E-state index in [1.165, 1.54) is 18.2 Å². The lowest BCUT2D eigenvalue weighted by atomic mass is 10.2. The third-order valence-electron chi connectivity index (χ3n) is 1.43. The second kappa shape index (κ2) is 3.62. The third-order valence-corrected chi connectivity index (χ3v) is 1.43. The zero-order chi connectivity index (χ0) is 9.84. The molecule has 68 valence electrons. The molecule has 4 nitrogen and oxygen atoms in total. The Balaban J connectivity index is 3.07. The summed E-state index contributed by atoms with van der Waals surface area (Å²) in [6.07, 6.45) is 0.950. The zero-order valence-corrected chi connectivity index (χ0v) is 6.73. The van der Waals surface area contributed by atoms with Gasteiger partial charge in [0.15, 0.2) is 11.5 Å². The number of carbonyl (C=O) groups excluding carboxylic acids is 1. The first-order valence-electron chi connectivity index (χ1n) is 3.49. The molecule has 0 saturated carbocycles. The molecule has 0 aliphatic rings. The molecule has 0 fully saturated rings. The summed E-state index contributed by atoms with van der Waals surface area (Å²) in [7, 11) is 0. The number of phenolic OH excluding ortho intramolecular Hbond substituents is 2. The van der Waals surface area contributed by atoms with Crippen LogP contribution in [0.2, 0.25) is 0 Å². The van der Waals surface area contributed by atoms with E-state index in [0.717, 1.165) is 6.26 Å². The van der Waals surface area contributed by atoms with Gasteiger partial charge in [0.1, 0.15) is 5.56 Å². The summed E-state index contributed by atoms with van der Waals surface area (Å²) >= 11 is 0. The van der Waals surface area contributed by atoms with Gasteiger partial charge >= 0.3 is 5.97 Å². The van der Waals surface area contributed by atoms with E-state index < -0.39 is 11.7 Å². The Bertz CT molecular complexity index is 343. The number of carbonyl (C=O) groups is 1. The zero-order valence-electron chi connectivity index (χ0n) is 6.73. The van der Waals surface area contributed by atoms with Crippen LogP contribution in [0.15, 0.2) is 31.0 Å². The minimum atomic E-state index is -0.761. The third kappa shape index (κ3) is 1.79. The quantitative estimate of drug-likeness (QED) is 0.410. The number of hydrogen-bond acceptors (Lipinski definition) is 4. The van der Waals surface area contributed by atoms with Crippen LogP contribution in [0.25, 0.3) is 0 Å². The van der Waals surface area contributed by atoms with Gasteiger partial charge < -0.3 is 14.9 Å². The highest BCUT2D eigenvalue weighted by Crippen LogP contribution is 2.28. The summed E-state index contributed by atoms with van der Waals surface area (Å²) in [5, 5.41) is 18.2. The molecule has 1 aromatic carbocycles. The van der Waals surface area contributed by atoms with E-state index >= 15 is 0 Å². The van der Waals surface area contributed by atoms with Crippen molar-refractivity contribution >= 4 is 5.97 Å². The number of aromatic hydroxyl groups is 2. The fraction of sp³-hybridized carbons (Fsp3) is 0. The van der Waals surface area contributed by atoms with Gasteiger partial charge in [-0.15, -0.1) is 0 Å². The van der Waals surface area contributed by atoms with Crippen LogP contribution in [0.1, 0.15) is 10.4 Å². The van der Waals surface area contributed by atoms with Crippen LogP contribution in [0.5, 0.6) is 11.5 Å². The molecule has 13 heavy (non-hydrogen) atoms. The van der Waals surface area contributed by atoms with Gasteiger partial charge in [-0.25, -0.2) is 4.79 Å². The molecule has 1 aromatic rings. The predicted octanol–water partition coefficient (Wildman–Crippen LogP) is 1.40. The van der Waals surface area contributed by atoms with Crippen molar-refractivity contribution in [2.24, 2.45) is 0 Å². The standard InChI is InChI=1S/C9H8O4/c1-2-13-9(12)6-4-3-5-7(10)8(6)11/h2-5,10-11H,1H2. The molecule has 0 atom stereocenters. The van der Waals surface area contributed by atoms with E-state index in [2.05, 4.69) is 11.3 Å². The minimum absolute atomic E-state index is 0.0973. The van der Waals surface area contributed by atoms with Gasteiger partial charge in [0.05, 0.1) is 6.26 Å². The lowest BCUT2D eigenvalue weighted by Crippen LogP contribution is -2.00. The Hall–Kier alpha value is -1.97. The molecule has 0 saturated heterocycles. The molecule has 0 unspecified atom stereocenters. The van der Waals surface area contributed by atoms with Crippen molar-refractivity contribution in [2.75, 3.05) is 0 Å². The molecule has 0 heterocycles. The maximum Gasteiger partial charge on any atom is 0.346 e. The van der Waals surface area contributed by atoms with E-state index in [0.29, 0.717) is 0 Å². The van der Waals surface area contributed by atoms with E-state index in [4.69, 9.17) is 5.11 Å². The van der Waals surface area contributed by atoms with E-state index in [1.54, 1.807) is 0 Å². The summed E-state index contributed by atoms with van der Waals surface area (Å²) in [6, 6.07) is 4.02. The molecule has 0 radical (unpaired) electrons. The smallest absolute Gasteiger partial charge is 0.346 e. The summed E-state index contributed by atoms with van der Waals surface area (Å²) in [6.45, 7) is 3.19. The second-order valence-corrected chi connectivity index (χ2v) is 2.25. The summed E-state index contributed by atoms with van der Waals surface area (Å²) in [4.78, 5) is 11.1. The van der Waals surface area contributed by atoms with Gasteiger partial charge in [-0.05, 0) is 12.1 Å². The number of ether oxygens (including phenoxy) is 1.